The average molecular weight is 248 g/mol. The van der Waals surface area contributed by atoms with Crippen molar-refractivity contribution in [2.45, 2.75) is 38.4 Å². The molecule has 4 N–H and O–H groups in total. The normalized spacial score (nSPS) is 28.0. The van der Waals surface area contributed by atoms with Gasteiger partial charge in [-0.2, -0.15) is 0 Å². The van der Waals surface area contributed by atoms with Gasteiger partial charge in [-0.3, -0.25) is 4.79 Å². The van der Waals surface area contributed by atoms with Gasteiger partial charge in [0.1, 0.15) is 0 Å². The van der Waals surface area contributed by atoms with E-state index in [-0.39, 0.29) is 18.0 Å². The standard InChI is InChI=1S/C14H20N2O2/c1-9-6-12(14(17)18)7-13(16-9)11-4-2-10(8-15)3-5-11/h2-5,9,12-13,16H,6-8,15H2,1H3,(H,17,18). The van der Waals surface area contributed by atoms with Crippen molar-refractivity contribution in [3.63, 3.8) is 0 Å². The van der Waals surface area contributed by atoms with Crippen LogP contribution in [0.4, 0.5) is 0 Å². The summed E-state index contributed by atoms with van der Waals surface area (Å²) in [6, 6.07) is 8.45. The van der Waals surface area contributed by atoms with Crippen LogP contribution in [-0.4, -0.2) is 17.1 Å². The zero-order chi connectivity index (χ0) is 13.1. The first-order valence-electron chi connectivity index (χ1n) is 6.38. The molecule has 4 heteroatoms. The van der Waals surface area contributed by atoms with Gasteiger partial charge in [-0.1, -0.05) is 24.3 Å². The lowest BCUT2D eigenvalue weighted by atomic mass is 9.85. The van der Waals surface area contributed by atoms with Crippen LogP contribution in [0.2, 0.25) is 0 Å². The summed E-state index contributed by atoms with van der Waals surface area (Å²) in [5.41, 5.74) is 7.81. The molecule has 1 heterocycles. The lowest BCUT2D eigenvalue weighted by molar-refractivity contribution is -0.143. The largest absolute Gasteiger partial charge is 0.481 e. The third-order valence-electron chi connectivity index (χ3n) is 3.61. The van der Waals surface area contributed by atoms with Crippen LogP contribution in [0.3, 0.4) is 0 Å². The molecule has 4 nitrogen and oxygen atoms in total. The fourth-order valence-corrected chi connectivity index (χ4v) is 2.61. The Bertz CT molecular complexity index is 416. The number of aliphatic carboxylic acids is 1. The lowest BCUT2D eigenvalue weighted by Crippen LogP contribution is -2.41. The molecule has 0 aromatic heterocycles. The Kier molecular flexibility index (Phi) is 3.99. The topological polar surface area (TPSA) is 75.3 Å². The van der Waals surface area contributed by atoms with Crippen molar-refractivity contribution in [1.29, 1.82) is 0 Å². The van der Waals surface area contributed by atoms with Crippen LogP contribution in [0.15, 0.2) is 24.3 Å². The average Bonchev–Trinajstić information content (AvgIpc) is 2.38. The van der Waals surface area contributed by atoms with E-state index < -0.39 is 5.97 Å². The highest BCUT2D eigenvalue weighted by Crippen LogP contribution is 2.30. The van der Waals surface area contributed by atoms with E-state index in [0.29, 0.717) is 19.4 Å². The van der Waals surface area contributed by atoms with Gasteiger partial charge in [0, 0.05) is 18.6 Å². The van der Waals surface area contributed by atoms with E-state index in [0.717, 1.165) is 11.1 Å². The molecule has 3 unspecified atom stereocenters. The van der Waals surface area contributed by atoms with E-state index >= 15 is 0 Å². The fraction of sp³-hybridized carbons (Fsp3) is 0.500. The van der Waals surface area contributed by atoms with E-state index in [1.807, 2.05) is 31.2 Å². The highest BCUT2D eigenvalue weighted by Gasteiger charge is 2.30. The summed E-state index contributed by atoms with van der Waals surface area (Å²) in [5.74, 6) is -0.938. The van der Waals surface area contributed by atoms with Crippen LogP contribution in [0.5, 0.6) is 0 Å². The number of hydrogen-bond acceptors (Lipinski definition) is 3. The number of carboxylic acids is 1. The molecule has 1 aliphatic heterocycles. The molecule has 18 heavy (non-hydrogen) atoms. The summed E-state index contributed by atoms with van der Waals surface area (Å²) in [6.07, 6.45) is 1.36. The summed E-state index contributed by atoms with van der Waals surface area (Å²) in [5, 5.41) is 12.6. The molecule has 98 valence electrons. The summed E-state index contributed by atoms with van der Waals surface area (Å²) in [6.45, 7) is 2.57. The maximum absolute atomic E-state index is 11.1. The van der Waals surface area contributed by atoms with Crippen LogP contribution < -0.4 is 11.1 Å². The van der Waals surface area contributed by atoms with E-state index in [2.05, 4.69) is 5.32 Å². The fourth-order valence-electron chi connectivity index (χ4n) is 2.61. The predicted molar refractivity (Wildman–Crippen MR) is 70.0 cm³/mol. The van der Waals surface area contributed by atoms with Gasteiger partial charge in [0.05, 0.1) is 5.92 Å². The Morgan fingerprint density at radius 2 is 2.06 bits per heavy atom. The van der Waals surface area contributed by atoms with Crippen LogP contribution in [0.25, 0.3) is 0 Å². The summed E-state index contributed by atoms with van der Waals surface area (Å²) in [7, 11) is 0. The molecular formula is C14H20N2O2. The first-order chi connectivity index (χ1) is 8.60. The van der Waals surface area contributed by atoms with Gasteiger partial charge in [-0.15, -0.1) is 0 Å². The van der Waals surface area contributed by atoms with Crippen LogP contribution in [0, 0.1) is 5.92 Å². The van der Waals surface area contributed by atoms with E-state index in [4.69, 9.17) is 10.8 Å². The smallest absolute Gasteiger partial charge is 0.306 e. The van der Waals surface area contributed by atoms with E-state index in [1.54, 1.807) is 0 Å². The second-order valence-electron chi connectivity index (χ2n) is 5.07. The van der Waals surface area contributed by atoms with Crippen molar-refractivity contribution in [2.24, 2.45) is 11.7 Å². The SMILES string of the molecule is CC1CC(C(=O)O)CC(c2ccc(CN)cc2)N1. The third kappa shape index (κ3) is 2.89. The third-order valence-corrected chi connectivity index (χ3v) is 3.61. The maximum Gasteiger partial charge on any atom is 0.306 e. The number of nitrogens with one attached hydrogen (secondary N) is 1. The molecule has 1 aromatic carbocycles. The number of rotatable bonds is 3. The molecule has 0 saturated carbocycles. The molecule has 0 bridgehead atoms. The van der Waals surface area contributed by atoms with Crippen LogP contribution in [0.1, 0.15) is 36.9 Å². The van der Waals surface area contributed by atoms with Gasteiger partial charge in [0.2, 0.25) is 0 Å². The second-order valence-corrected chi connectivity index (χ2v) is 5.07. The Hall–Kier alpha value is -1.39. The van der Waals surface area contributed by atoms with Crippen molar-refractivity contribution >= 4 is 5.97 Å². The van der Waals surface area contributed by atoms with Crippen molar-refractivity contribution in [3.05, 3.63) is 35.4 Å². The maximum atomic E-state index is 11.1. The minimum absolute atomic E-state index is 0.127. The quantitative estimate of drug-likeness (QED) is 0.760. The Morgan fingerprint density at radius 1 is 1.39 bits per heavy atom. The zero-order valence-electron chi connectivity index (χ0n) is 10.6. The van der Waals surface area contributed by atoms with Gasteiger partial charge in [0.25, 0.3) is 0 Å². The van der Waals surface area contributed by atoms with Gasteiger partial charge >= 0.3 is 5.97 Å². The predicted octanol–water partition coefficient (Wildman–Crippen LogP) is 1.66. The first-order valence-corrected chi connectivity index (χ1v) is 6.38. The molecule has 1 saturated heterocycles. The molecule has 0 radical (unpaired) electrons. The molecule has 2 rings (SSSR count). The van der Waals surface area contributed by atoms with Crippen molar-refractivity contribution in [3.8, 4) is 0 Å². The number of hydrogen-bond donors (Lipinski definition) is 3. The molecule has 1 aromatic rings. The number of nitrogens with two attached hydrogens (primary N) is 1. The van der Waals surface area contributed by atoms with Gasteiger partial charge in [0.15, 0.2) is 0 Å². The van der Waals surface area contributed by atoms with Crippen LogP contribution in [-0.2, 0) is 11.3 Å². The van der Waals surface area contributed by atoms with Gasteiger partial charge < -0.3 is 16.2 Å². The Morgan fingerprint density at radius 3 is 2.61 bits per heavy atom. The second kappa shape index (κ2) is 5.50. The minimum atomic E-state index is -0.688. The molecule has 0 aliphatic carbocycles. The van der Waals surface area contributed by atoms with Crippen molar-refractivity contribution in [1.82, 2.24) is 5.32 Å². The molecule has 3 atom stereocenters. The van der Waals surface area contributed by atoms with Crippen LogP contribution >= 0.6 is 0 Å². The Labute approximate surface area is 107 Å². The molecular weight excluding hydrogens is 228 g/mol. The number of piperidine rings is 1. The summed E-state index contributed by atoms with van der Waals surface area (Å²) < 4.78 is 0. The number of benzene rings is 1. The summed E-state index contributed by atoms with van der Waals surface area (Å²) in [4.78, 5) is 11.1. The highest BCUT2D eigenvalue weighted by molar-refractivity contribution is 5.70. The first kappa shape index (κ1) is 13.1. The van der Waals surface area contributed by atoms with Crippen molar-refractivity contribution in [2.75, 3.05) is 0 Å². The Balaban J connectivity index is 2.13. The van der Waals surface area contributed by atoms with E-state index in [1.165, 1.54) is 0 Å². The number of carbonyl (C=O) groups is 1. The van der Waals surface area contributed by atoms with E-state index in [9.17, 15) is 4.79 Å². The number of carboxylic acid groups (broad SMARTS) is 1. The summed E-state index contributed by atoms with van der Waals surface area (Å²) >= 11 is 0. The molecule has 0 spiro atoms. The molecule has 1 fully saturated rings. The molecule has 0 amide bonds. The highest BCUT2D eigenvalue weighted by atomic mass is 16.4. The minimum Gasteiger partial charge on any atom is -0.481 e. The molecule has 1 aliphatic rings. The monoisotopic (exact) mass is 248 g/mol. The lowest BCUT2D eigenvalue weighted by Gasteiger charge is -2.33. The van der Waals surface area contributed by atoms with Gasteiger partial charge in [-0.25, -0.2) is 0 Å². The zero-order valence-corrected chi connectivity index (χ0v) is 10.6. The van der Waals surface area contributed by atoms with Gasteiger partial charge in [-0.05, 0) is 30.9 Å². The van der Waals surface area contributed by atoms with Crippen molar-refractivity contribution < 1.29 is 9.90 Å².